The summed E-state index contributed by atoms with van der Waals surface area (Å²) in [6, 6.07) is 7.72. The first-order valence-corrected chi connectivity index (χ1v) is 6.61. The lowest BCUT2D eigenvalue weighted by molar-refractivity contribution is 0.103. The van der Waals surface area contributed by atoms with Crippen molar-refractivity contribution in [2.24, 2.45) is 0 Å². The molecule has 0 spiro atoms. The lowest BCUT2D eigenvalue weighted by atomic mass is 10.0. The molecule has 82 valence electrons. The van der Waals surface area contributed by atoms with Gasteiger partial charge in [-0.1, -0.05) is 22.0 Å². The van der Waals surface area contributed by atoms with Crippen LogP contribution in [0.5, 0.6) is 0 Å². The molecule has 1 nitrogen and oxygen atoms in total. The number of thiophene rings is 1. The number of carbonyl (C=O) groups excluding carboxylic acids is 1. The average Bonchev–Trinajstić information content (AvgIpc) is 2.64. The maximum Gasteiger partial charge on any atom is 0.195 e. The second-order valence-electron chi connectivity index (χ2n) is 3.76. The Morgan fingerprint density at radius 1 is 1.25 bits per heavy atom. The van der Waals surface area contributed by atoms with Gasteiger partial charge < -0.3 is 0 Å². The van der Waals surface area contributed by atoms with E-state index in [2.05, 4.69) is 15.9 Å². The van der Waals surface area contributed by atoms with E-state index in [9.17, 15) is 4.79 Å². The quantitative estimate of drug-likeness (QED) is 0.752. The van der Waals surface area contributed by atoms with Crippen molar-refractivity contribution >= 4 is 33.0 Å². The summed E-state index contributed by atoms with van der Waals surface area (Å²) in [7, 11) is 0. The average molecular weight is 295 g/mol. The summed E-state index contributed by atoms with van der Waals surface area (Å²) in [5.74, 6) is 0.0798. The van der Waals surface area contributed by atoms with Crippen LogP contribution in [0.15, 0.2) is 34.1 Å². The second kappa shape index (κ2) is 4.52. The first kappa shape index (κ1) is 11.6. The predicted molar refractivity (Wildman–Crippen MR) is 71.4 cm³/mol. The molecule has 0 aliphatic carbocycles. The minimum absolute atomic E-state index is 0.0798. The van der Waals surface area contributed by atoms with Crippen molar-refractivity contribution in [3.63, 3.8) is 0 Å². The van der Waals surface area contributed by atoms with E-state index in [1.165, 1.54) is 0 Å². The second-order valence-corrected chi connectivity index (χ2v) is 5.73. The van der Waals surface area contributed by atoms with E-state index in [4.69, 9.17) is 0 Å². The molecular weight excluding hydrogens is 284 g/mol. The standard InChI is InChI=1S/C13H11BrOS/c1-8-3-4-11(12(14)5-8)13(15)10-6-9(2)16-7-10/h3-7H,1-2H3. The van der Waals surface area contributed by atoms with E-state index in [0.29, 0.717) is 0 Å². The molecule has 0 saturated heterocycles. The minimum atomic E-state index is 0.0798. The lowest BCUT2D eigenvalue weighted by Gasteiger charge is -2.03. The molecule has 2 aromatic rings. The molecule has 0 amide bonds. The first-order valence-electron chi connectivity index (χ1n) is 4.94. The maximum atomic E-state index is 12.2. The highest BCUT2D eigenvalue weighted by molar-refractivity contribution is 9.10. The lowest BCUT2D eigenvalue weighted by Crippen LogP contribution is -2.00. The van der Waals surface area contributed by atoms with Gasteiger partial charge in [0.2, 0.25) is 0 Å². The summed E-state index contributed by atoms with van der Waals surface area (Å²) in [6.45, 7) is 4.01. The fourth-order valence-electron chi connectivity index (χ4n) is 1.52. The van der Waals surface area contributed by atoms with Gasteiger partial charge in [-0.3, -0.25) is 4.79 Å². The molecule has 1 aromatic carbocycles. The number of benzene rings is 1. The molecule has 0 radical (unpaired) electrons. The third kappa shape index (κ3) is 2.25. The van der Waals surface area contributed by atoms with Crippen molar-refractivity contribution in [2.75, 3.05) is 0 Å². The topological polar surface area (TPSA) is 17.1 Å². The van der Waals surface area contributed by atoms with Crippen molar-refractivity contribution < 1.29 is 4.79 Å². The van der Waals surface area contributed by atoms with Gasteiger partial charge in [-0.25, -0.2) is 0 Å². The number of ketones is 1. The molecule has 0 bridgehead atoms. The van der Waals surface area contributed by atoms with Gasteiger partial charge in [-0.05, 0) is 37.6 Å². The van der Waals surface area contributed by atoms with Gasteiger partial charge in [0.25, 0.3) is 0 Å². The number of rotatable bonds is 2. The van der Waals surface area contributed by atoms with Crippen LogP contribution in [-0.2, 0) is 0 Å². The maximum absolute atomic E-state index is 12.2. The smallest absolute Gasteiger partial charge is 0.195 e. The summed E-state index contributed by atoms with van der Waals surface area (Å²) < 4.78 is 0.862. The summed E-state index contributed by atoms with van der Waals surface area (Å²) >= 11 is 5.03. The zero-order valence-electron chi connectivity index (χ0n) is 9.08. The molecule has 3 heteroatoms. The molecule has 0 aliphatic heterocycles. The van der Waals surface area contributed by atoms with Gasteiger partial charge in [0.15, 0.2) is 5.78 Å². The third-order valence-electron chi connectivity index (χ3n) is 2.36. The predicted octanol–water partition coefficient (Wildman–Crippen LogP) is 4.36. The van der Waals surface area contributed by atoms with Gasteiger partial charge in [-0.2, -0.15) is 0 Å². The van der Waals surface area contributed by atoms with E-state index in [0.717, 1.165) is 26.0 Å². The summed E-state index contributed by atoms with van der Waals surface area (Å²) in [4.78, 5) is 13.3. The van der Waals surface area contributed by atoms with E-state index < -0.39 is 0 Å². The molecule has 0 aliphatic rings. The van der Waals surface area contributed by atoms with E-state index >= 15 is 0 Å². The normalized spacial score (nSPS) is 10.4. The number of carbonyl (C=O) groups is 1. The molecular formula is C13H11BrOS. The van der Waals surface area contributed by atoms with Gasteiger partial charge in [0, 0.05) is 25.9 Å². The highest BCUT2D eigenvalue weighted by Gasteiger charge is 2.13. The molecule has 0 fully saturated rings. The minimum Gasteiger partial charge on any atom is -0.289 e. The molecule has 0 saturated carbocycles. The highest BCUT2D eigenvalue weighted by Crippen LogP contribution is 2.23. The van der Waals surface area contributed by atoms with Crippen molar-refractivity contribution in [1.29, 1.82) is 0 Å². The Balaban J connectivity index is 2.41. The molecule has 0 atom stereocenters. The zero-order valence-corrected chi connectivity index (χ0v) is 11.5. The molecule has 1 heterocycles. The monoisotopic (exact) mass is 294 g/mol. The van der Waals surface area contributed by atoms with Crippen LogP contribution in [0.1, 0.15) is 26.4 Å². The number of hydrogen-bond acceptors (Lipinski definition) is 2. The number of aryl methyl sites for hydroxylation is 2. The fraction of sp³-hybridized carbons (Fsp3) is 0.154. The summed E-state index contributed by atoms with van der Waals surface area (Å²) in [5, 5.41) is 1.91. The van der Waals surface area contributed by atoms with Crippen LogP contribution in [0.3, 0.4) is 0 Å². The van der Waals surface area contributed by atoms with Crippen molar-refractivity contribution in [2.45, 2.75) is 13.8 Å². The van der Waals surface area contributed by atoms with Crippen LogP contribution in [0, 0.1) is 13.8 Å². The number of hydrogen-bond donors (Lipinski definition) is 0. The van der Waals surface area contributed by atoms with E-state index in [1.54, 1.807) is 11.3 Å². The Morgan fingerprint density at radius 3 is 2.56 bits per heavy atom. The Morgan fingerprint density at radius 2 is 2.00 bits per heavy atom. The molecule has 16 heavy (non-hydrogen) atoms. The van der Waals surface area contributed by atoms with E-state index in [1.807, 2.05) is 43.5 Å². The third-order valence-corrected chi connectivity index (χ3v) is 3.88. The van der Waals surface area contributed by atoms with Crippen LogP contribution >= 0.6 is 27.3 Å². The largest absolute Gasteiger partial charge is 0.289 e. The SMILES string of the molecule is Cc1ccc(C(=O)c2csc(C)c2)c(Br)c1. The zero-order chi connectivity index (χ0) is 11.7. The van der Waals surface area contributed by atoms with E-state index in [-0.39, 0.29) is 5.78 Å². The van der Waals surface area contributed by atoms with Crippen LogP contribution in [-0.4, -0.2) is 5.78 Å². The fourth-order valence-corrected chi connectivity index (χ4v) is 2.88. The molecule has 0 N–H and O–H groups in total. The van der Waals surface area contributed by atoms with Gasteiger partial charge in [0.05, 0.1) is 0 Å². The summed E-state index contributed by atoms with van der Waals surface area (Å²) in [6.07, 6.45) is 0. The van der Waals surface area contributed by atoms with Crippen molar-refractivity contribution in [3.05, 3.63) is 55.7 Å². The van der Waals surface area contributed by atoms with Gasteiger partial charge >= 0.3 is 0 Å². The Labute approximate surface area is 107 Å². The molecule has 0 unspecified atom stereocenters. The van der Waals surface area contributed by atoms with Crippen LogP contribution in [0.2, 0.25) is 0 Å². The Hall–Kier alpha value is -0.930. The van der Waals surface area contributed by atoms with Gasteiger partial charge in [0.1, 0.15) is 0 Å². The van der Waals surface area contributed by atoms with Crippen LogP contribution in [0.25, 0.3) is 0 Å². The Kier molecular flexibility index (Phi) is 3.26. The number of halogens is 1. The Bertz CT molecular complexity index is 543. The van der Waals surface area contributed by atoms with Crippen LogP contribution in [0.4, 0.5) is 0 Å². The van der Waals surface area contributed by atoms with Crippen LogP contribution < -0.4 is 0 Å². The van der Waals surface area contributed by atoms with Gasteiger partial charge in [-0.15, -0.1) is 11.3 Å². The van der Waals surface area contributed by atoms with Crippen molar-refractivity contribution in [1.82, 2.24) is 0 Å². The highest BCUT2D eigenvalue weighted by atomic mass is 79.9. The molecule has 2 rings (SSSR count). The first-order chi connectivity index (χ1) is 7.58. The molecule has 1 aromatic heterocycles. The van der Waals surface area contributed by atoms with Crippen molar-refractivity contribution in [3.8, 4) is 0 Å². The summed E-state index contributed by atoms with van der Waals surface area (Å²) in [5.41, 5.74) is 2.64.